The molecule has 2 aliphatic rings. The molecule has 9 heteroatoms. The smallest absolute Gasteiger partial charge is 0.229 e. The molecule has 40 heavy (non-hydrogen) atoms. The first-order chi connectivity index (χ1) is 19.3. The van der Waals surface area contributed by atoms with E-state index in [0.717, 1.165) is 16.7 Å². The lowest BCUT2D eigenvalue weighted by Crippen LogP contribution is -2.61. The lowest BCUT2D eigenvalue weighted by atomic mass is 9.99. The van der Waals surface area contributed by atoms with E-state index in [-0.39, 0.29) is 13.2 Å². The number of fused-ring (bicyclic) bond motifs is 1. The number of aliphatic hydroxyl groups is 2. The van der Waals surface area contributed by atoms with Gasteiger partial charge in [0.15, 0.2) is 6.10 Å². The van der Waals surface area contributed by atoms with Crippen molar-refractivity contribution in [3.05, 3.63) is 112 Å². The highest BCUT2D eigenvalue weighted by molar-refractivity contribution is 5.40. The van der Waals surface area contributed by atoms with E-state index in [2.05, 4.69) is 10.0 Å². The van der Waals surface area contributed by atoms with Crippen molar-refractivity contribution in [1.82, 2.24) is 0 Å². The molecule has 2 N–H and O–H groups in total. The van der Waals surface area contributed by atoms with Crippen LogP contribution in [0.15, 0.2) is 90.0 Å². The van der Waals surface area contributed by atoms with E-state index in [9.17, 15) is 10.2 Å². The molecule has 0 radical (unpaired) electrons. The van der Waals surface area contributed by atoms with Crippen LogP contribution in [0.25, 0.3) is 10.4 Å². The third kappa shape index (κ3) is 5.08. The van der Waals surface area contributed by atoms with Crippen molar-refractivity contribution in [2.75, 3.05) is 13.2 Å². The predicted octanol–water partition coefficient (Wildman–Crippen LogP) is 4.95. The zero-order valence-electron chi connectivity index (χ0n) is 22.7. The van der Waals surface area contributed by atoms with Crippen molar-refractivity contribution in [2.45, 2.75) is 63.2 Å². The Balaban J connectivity index is 1.37. The monoisotopic (exact) mass is 545 g/mol. The Labute approximate surface area is 233 Å². The first-order valence-electron chi connectivity index (χ1n) is 13.4. The number of benzene rings is 3. The fraction of sp³-hybridized carbons (Fsp3) is 0.419. The van der Waals surface area contributed by atoms with E-state index < -0.39 is 35.1 Å². The van der Waals surface area contributed by atoms with Gasteiger partial charge in [0, 0.05) is 16.9 Å². The predicted molar refractivity (Wildman–Crippen MR) is 148 cm³/mol. The lowest BCUT2D eigenvalue weighted by molar-refractivity contribution is -0.292. The second-order valence-electron chi connectivity index (χ2n) is 10.8. The molecule has 5 atom stereocenters. The fourth-order valence-corrected chi connectivity index (χ4v) is 5.81. The Morgan fingerprint density at radius 2 is 1.48 bits per heavy atom. The van der Waals surface area contributed by atoms with Crippen LogP contribution < -0.4 is 4.74 Å². The normalized spacial score (nSPS) is 28.2. The molecule has 0 amide bonds. The number of rotatable bonds is 12. The summed E-state index contributed by atoms with van der Waals surface area (Å²) >= 11 is 0. The Morgan fingerprint density at radius 1 is 0.850 bits per heavy atom. The maximum absolute atomic E-state index is 12.0. The summed E-state index contributed by atoms with van der Waals surface area (Å²) in [5.74, 6) is 0.516. The summed E-state index contributed by atoms with van der Waals surface area (Å²) in [4.78, 5) is 2.79. The molecule has 1 heterocycles. The fourth-order valence-electron chi connectivity index (χ4n) is 5.81. The van der Waals surface area contributed by atoms with Gasteiger partial charge in [-0.2, -0.15) is 0 Å². The molecule has 1 aliphatic heterocycles. The Hall–Kier alpha value is -3.43. The van der Waals surface area contributed by atoms with Crippen molar-refractivity contribution in [1.29, 1.82) is 0 Å². The zero-order chi connectivity index (χ0) is 28.2. The minimum atomic E-state index is -1.65. The largest absolute Gasteiger partial charge is 0.462 e. The molecule has 210 valence electrons. The van der Waals surface area contributed by atoms with Gasteiger partial charge in [0.05, 0.1) is 19.8 Å². The first kappa shape index (κ1) is 28.1. The SMILES string of the molecule is CC1(C)[C@]2(O)[C@@H](COCc3ccccc3)O[C@@H](Oc3ccc(CCN=[N+]=[N-])cc3)[C@H](OCc3ccccc3)[C@]12O. The maximum Gasteiger partial charge on any atom is 0.229 e. The van der Waals surface area contributed by atoms with Gasteiger partial charge < -0.3 is 29.2 Å². The average Bonchev–Trinajstić information content (AvgIpc) is 3.34. The van der Waals surface area contributed by atoms with E-state index in [0.29, 0.717) is 25.3 Å². The average molecular weight is 546 g/mol. The second-order valence-corrected chi connectivity index (χ2v) is 10.8. The molecule has 5 rings (SSSR count). The topological polar surface area (TPSA) is 126 Å². The number of hydrogen-bond donors (Lipinski definition) is 2. The highest BCUT2D eigenvalue weighted by atomic mass is 16.7. The van der Waals surface area contributed by atoms with Crippen LogP contribution in [-0.2, 0) is 33.8 Å². The van der Waals surface area contributed by atoms with Crippen molar-refractivity contribution in [2.24, 2.45) is 10.5 Å². The molecular weight excluding hydrogens is 510 g/mol. The van der Waals surface area contributed by atoms with Crippen LogP contribution in [0.2, 0.25) is 0 Å². The summed E-state index contributed by atoms with van der Waals surface area (Å²) in [6, 6.07) is 26.7. The lowest BCUT2D eigenvalue weighted by Gasteiger charge is -2.41. The number of nitrogens with zero attached hydrogens (tertiary/aromatic N) is 3. The van der Waals surface area contributed by atoms with Crippen molar-refractivity contribution < 1.29 is 29.2 Å². The van der Waals surface area contributed by atoms with Gasteiger partial charge in [0.2, 0.25) is 6.29 Å². The van der Waals surface area contributed by atoms with Crippen molar-refractivity contribution in [3.63, 3.8) is 0 Å². The Bertz CT molecular complexity index is 1320. The molecule has 0 spiro atoms. The summed E-state index contributed by atoms with van der Waals surface area (Å²) < 4.78 is 24.9. The van der Waals surface area contributed by atoms with Gasteiger partial charge in [-0.05, 0) is 40.8 Å². The summed E-state index contributed by atoms with van der Waals surface area (Å²) in [6.45, 7) is 4.58. The van der Waals surface area contributed by atoms with Crippen LogP contribution in [0.3, 0.4) is 0 Å². The van der Waals surface area contributed by atoms with Gasteiger partial charge in [-0.25, -0.2) is 0 Å². The molecule has 2 fully saturated rings. The molecule has 3 aromatic carbocycles. The Kier molecular flexibility index (Phi) is 8.14. The van der Waals surface area contributed by atoms with Gasteiger partial charge >= 0.3 is 0 Å². The Morgan fingerprint density at radius 3 is 2.10 bits per heavy atom. The molecule has 1 saturated heterocycles. The number of azide groups is 1. The van der Waals surface area contributed by atoms with Crippen molar-refractivity contribution in [3.8, 4) is 5.75 Å². The maximum atomic E-state index is 12.0. The van der Waals surface area contributed by atoms with Gasteiger partial charge in [-0.15, -0.1) is 0 Å². The van der Waals surface area contributed by atoms with Crippen LogP contribution >= 0.6 is 0 Å². The molecule has 3 aromatic rings. The van der Waals surface area contributed by atoms with Crippen LogP contribution in [0.1, 0.15) is 30.5 Å². The minimum Gasteiger partial charge on any atom is -0.462 e. The third-order valence-corrected chi connectivity index (χ3v) is 8.24. The summed E-state index contributed by atoms with van der Waals surface area (Å²) in [7, 11) is 0. The van der Waals surface area contributed by atoms with E-state index in [1.165, 1.54) is 0 Å². The molecular formula is C31H35N3O6. The molecule has 9 nitrogen and oxygen atoms in total. The van der Waals surface area contributed by atoms with Gasteiger partial charge in [-0.1, -0.05) is 91.8 Å². The molecule has 0 unspecified atom stereocenters. The van der Waals surface area contributed by atoms with Crippen LogP contribution in [-0.4, -0.2) is 53.1 Å². The van der Waals surface area contributed by atoms with Crippen molar-refractivity contribution >= 4 is 0 Å². The first-order valence-corrected chi connectivity index (χ1v) is 13.4. The zero-order valence-corrected chi connectivity index (χ0v) is 22.7. The summed E-state index contributed by atoms with van der Waals surface area (Å²) in [5.41, 5.74) is 7.21. The molecule has 0 aromatic heterocycles. The number of ether oxygens (including phenoxy) is 4. The van der Waals surface area contributed by atoms with Gasteiger partial charge in [0.25, 0.3) is 0 Å². The van der Waals surface area contributed by atoms with Gasteiger partial charge in [-0.3, -0.25) is 0 Å². The van der Waals surface area contributed by atoms with Crippen LogP contribution in [0, 0.1) is 5.41 Å². The highest BCUT2D eigenvalue weighted by Gasteiger charge is 2.91. The van der Waals surface area contributed by atoms with E-state index in [1.54, 1.807) is 26.0 Å². The van der Waals surface area contributed by atoms with E-state index >= 15 is 0 Å². The summed E-state index contributed by atoms with van der Waals surface area (Å²) in [5, 5.41) is 27.5. The highest BCUT2D eigenvalue weighted by Crippen LogP contribution is 2.71. The van der Waals surface area contributed by atoms with E-state index in [4.69, 9.17) is 24.5 Å². The number of hydrogen-bond acceptors (Lipinski definition) is 7. The molecule has 1 saturated carbocycles. The van der Waals surface area contributed by atoms with Crippen LogP contribution in [0.5, 0.6) is 5.75 Å². The van der Waals surface area contributed by atoms with Gasteiger partial charge in [0.1, 0.15) is 23.1 Å². The minimum absolute atomic E-state index is 0.0563. The standard InChI is InChI=1S/C31H35N3O6/c1-29(2)30(35)26(21-37-19-23-9-5-3-6-10-23)40-28(39-25-15-13-22(14-16-25)17-18-33-34-32)27(31(29,30)36)38-20-24-11-7-4-8-12-24/h3-16,26-28,35-36H,17-21H2,1-2H3/t26-,27+,28-,30-,31+/m1/s1. The third-order valence-electron chi connectivity index (χ3n) is 8.24. The quantitative estimate of drug-likeness (QED) is 0.188. The molecule has 1 aliphatic carbocycles. The molecule has 0 bridgehead atoms. The van der Waals surface area contributed by atoms with Crippen LogP contribution in [0.4, 0.5) is 0 Å². The summed E-state index contributed by atoms with van der Waals surface area (Å²) in [6.07, 6.45) is -2.26. The second kappa shape index (κ2) is 11.6. The van der Waals surface area contributed by atoms with E-state index in [1.807, 2.05) is 72.8 Å².